The van der Waals surface area contributed by atoms with Crippen LogP contribution in [-0.4, -0.2) is 60.8 Å². The number of aromatic nitrogens is 4. The number of primary amides is 1. The van der Waals surface area contributed by atoms with Gasteiger partial charge in [0.1, 0.15) is 5.69 Å². The molecule has 32 heavy (non-hydrogen) atoms. The van der Waals surface area contributed by atoms with Crippen molar-refractivity contribution in [2.45, 2.75) is 18.4 Å². The van der Waals surface area contributed by atoms with Crippen molar-refractivity contribution < 1.29 is 14.7 Å². The van der Waals surface area contributed by atoms with Crippen LogP contribution < -0.4 is 5.73 Å². The highest BCUT2D eigenvalue weighted by atomic mass is 16.3. The Bertz CT molecular complexity index is 1270. The van der Waals surface area contributed by atoms with Crippen molar-refractivity contribution in [3.8, 4) is 23.2 Å². The number of carbonyl (C=O) groups excluding carboxylic acids is 2. The molecule has 9 nitrogen and oxygen atoms in total. The second-order valence-corrected chi connectivity index (χ2v) is 7.72. The monoisotopic (exact) mass is 430 g/mol. The molecule has 1 aliphatic heterocycles. The number of hydrogen-bond acceptors (Lipinski definition) is 6. The highest BCUT2D eigenvalue weighted by Gasteiger charge is 2.42. The van der Waals surface area contributed by atoms with Crippen molar-refractivity contribution in [1.29, 1.82) is 0 Å². The summed E-state index contributed by atoms with van der Waals surface area (Å²) in [4.78, 5) is 34.4. The molecule has 0 unspecified atom stereocenters. The van der Waals surface area contributed by atoms with Crippen LogP contribution in [0.3, 0.4) is 0 Å². The van der Waals surface area contributed by atoms with Crippen LogP contribution in [0.5, 0.6) is 0 Å². The summed E-state index contributed by atoms with van der Waals surface area (Å²) >= 11 is 0. The van der Waals surface area contributed by atoms with Crippen LogP contribution in [-0.2, 0) is 18.3 Å². The van der Waals surface area contributed by atoms with Crippen LogP contribution in [0, 0.1) is 11.8 Å². The summed E-state index contributed by atoms with van der Waals surface area (Å²) in [5, 5.41) is 14.6. The molecule has 9 heteroatoms. The Hall–Kier alpha value is -4.03. The van der Waals surface area contributed by atoms with E-state index < -0.39 is 17.4 Å². The molecule has 1 aliphatic rings. The standard InChI is InChI=1S/C23H22N6O3/c1-28-11-9-23(32,22(28)31)8-6-15-4-3-5-16(12-15)21-25-14-17(19(27-21)20(24)30)13-18-7-10-26-29(18)2/h3-5,7,10,12,14,32H,9,11,13H2,1-2H3,(H2,24,30)/t23-/m0/s1. The Kier molecular flexibility index (Phi) is 5.47. The first kappa shape index (κ1) is 21.2. The lowest BCUT2D eigenvalue weighted by Gasteiger charge is -2.13. The van der Waals surface area contributed by atoms with Gasteiger partial charge in [-0.25, -0.2) is 9.97 Å². The Morgan fingerprint density at radius 1 is 1.31 bits per heavy atom. The van der Waals surface area contributed by atoms with Crippen molar-refractivity contribution >= 4 is 11.8 Å². The van der Waals surface area contributed by atoms with Crippen molar-refractivity contribution in [3.63, 3.8) is 0 Å². The fourth-order valence-electron chi connectivity index (χ4n) is 3.54. The molecule has 1 atom stereocenters. The van der Waals surface area contributed by atoms with Gasteiger partial charge in [0, 0.05) is 68.3 Å². The fraction of sp³-hybridized carbons (Fsp3) is 0.261. The smallest absolute Gasteiger partial charge is 0.267 e. The highest BCUT2D eigenvalue weighted by Crippen LogP contribution is 2.22. The first-order valence-electron chi connectivity index (χ1n) is 10.0. The molecule has 2 aromatic heterocycles. The van der Waals surface area contributed by atoms with Gasteiger partial charge in [-0.1, -0.05) is 24.0 Å². The largest absolute Gasteiger partial charge is 0.369 e. The molecule has 0 bridgehead atoms. The van der Waals surface area contributed by atoms with Crippen LogP contribution in [0.25, 0.3) is 11.4 Å². The SMILES string of the molecule is CN1CC[C@@](O)(C#Cc2cccc(-c3ncc(Cc4ccnn4C)c(C(N)=O)n3)c2)C1=O. The number of nitrogens with zero attached hydrogens (tertiary/aromatic N) is 5. The lowest BCUT2D eigenvalue weighted by molar-refractivity contribution is -0.137. The van der Waals surface area contributed by atoms with E-state index in [0.29, 0.717) is 35.5 Å². The molecular weight excluding hydrogens is 408 g/mol. The molecule has 3 N–H and O–H groups in total. The Labute approximate surface area is 184 Å². The zero-order valence-corrected chi connectivity index (χ0v) is 17.7. The third kappa shape index (κ3) is 4.08. The van der Waals surface area contributed by atoms with E-state index in [4.69, 9.17) is 5.73 Å². The molecule has 1 saturated heterocycles. The predicted octanol–water partition coefficient (Wildman–Crippen LogP) is 0.511. The van der Waals surface area contributed by atoms with Crippen LogP contribution in [0.2, 0.25) is 0 Å². The molecule has 0 radical (unpaired) electrons. The second kappa shape index (κ2) is 8.24. The van der Waals surface area contributed by atoms with Gasteiger partial charge in [-0.2, -0.15) is 5.10 Å². The number of hydrogen-bond donors (Lipinski definition) is 2. The number of likely N-dealkylation sites (N-methyl/N-ethyl adjacent to an activating group) is 1. The predicted molar refractivity (Wildman–Crippen MR) is 116 cm³/mol. The number of benzene rings is 1. The van der Waals surface area contributed by atoms with Crippen LogP contribution >= 0.6 is 0 Å². The highest BCUT2D eigenvalue weighted by molar-refractivity contribution is 5.93. The van der Waals surface area contributed by atoms with Gasteiger partial charge in [0.2, 0.25) is 5.60 Å². The van der Waals surface area contributed by atoms with Crippen molar-refractivity contribution in [2.24, 2.45) is 12.8 Å². The van der Waals surface area contributed by atoms with Crippen LogP contribution in [0.4, 0.5) is 0 Å². The molecule has 1 fully saturated rings. The van der Waals surface area contributed by atoms with E-state index in [1.165, 1.54) is 4.90 Å². The quantitative estimate of drug-likeness (QED) is 0.581. The first-order valence-corrected chi connectivity index (χ1v) is 10.0. The number of rotatable bonds is 4. The number of carbonyl (C=O) groups is 2. The Balaban J connectivity index is 1.64. The van der Waals surface area contributed by atoms with Gasteiger partial charge < -0.3 is 15.7 Å². The van der Waals surface area contributed by atoms with Gasteiger partial charge in [0.05, 0.1) is 0 Å². The summed E-state index contributed by atoms with van der Waals surface area (Å²) in [5.74, 6) is 4.84. The van der Waals surface area contributed by atoms with E-state index in [1.54, 1.807) is 48.4 Å². The van der Waals surface area contributed by atoms with Crippen molar-refractivity contribution in [2.75, 3.05) is 13.6 Å². The van der Waals surface area contributed by atoms with Crippen molar-refractivity contribution in [3.05, 3.63) is 65.2 Å². The van der Waals surface area contributed by atoms with Crippen LogP contribution in [0.1, 0.15) is 33.7 Å². The second-order valence-electron chi connectivity index (χ2n) is 7.72. The number of amides is 2. The average molecular weight is 430 g/mol. The number of likely N-dealkylation sites (tertiary alicyclic amines) is 1. The van der Waals surface area contributed by atoms with Gasteiger partial charge in [0.25, 0.3) is 11.8 Å². The summed E-state index contributed by atoms with van der Waals surface area (Å²) in [6, 6.07) is 8.90. The maximum Gasteiger partial charge on any atom is 0.267 e. The summed E-state index contributed by atoms with van der Waals surface area (Å²) < 4.78 is 1.71. The zero-order valence-electron chi connectivity index (χ0n) is 17.7. The van der Waals surface area contributed by atoms with E-state index in [-0.39, 0.29) is 12.1 Å². The molecule has 0 aliphatic carbocycles. The minimum atomic E-state index is -1.67. The van der Waals surface area contributed by atoms with Gasteiger partial charge in [-0.15, -0.1) is 0 Å². The molecule has 2 amide bonds. The molecule has 162 valence electrons. The van der Waals surface area contributed by atoms with Crippen LogP contribution in [0.15, 0.2) is 42.7 Å². The Morgan fingerprint density at radius 2 is 2.12 bits per heavy atom. The molecule has 3 heterocycles. The van der Waals surface area contributed by atoms with Gasteiger partial charge >= 0.3 is 0 Å². The average Bonchev–Trinajstić information content (AvgIpc) is 3.30. The summed E-state index contributed by atoms with van der Waals surface area (Å²) in [6.45, 7) is 0.457. The molecular formula is C23H22N6O3. The minimum absolute atomic E-state index is 0.140. The first-order chi connectivity index (χ1) is 15.3. The number of aryl methyl sites for hydroxylation is 1. The third-order valence-electron chi connectivity index (χ3n) is 5.44. The number of nitrogens with two attached hydrogens (primary N) is 1. The lowest BCUT2D eigenvalue weighted by Crippen LogP contribution is -2.37. The maximum absolute atomic E-state index is 12.1. The molecule has 3 aromatic rings. The lowest BCUT2D eigenvalue weighted by atomic mass is 10.0. The molecule has 0 saturated carbocycles. The van der Waals surface area contributed by atoms with Gasteiger partial charge in [0.15, 0.2) is 5.82 Å². The fourth-order valence-corrected chi connectivity index (χ4v) is 3.54. The Morgan fingerprint density at radius 3 is 2.78 bits per heavy atom. The summed E-state index contributed by atoms with van der Waals surface area (Å²) in [5.41, 5.74) is 6.76. The number of aliphatic hydroxyl groups is 1. The topological polar surface area (TPSA) is 127 Å². The van der Waals surface area contributed by atoms with Crippen molar-refractivity contribution in [1.82, 2.24) is 24.6 Å². The van der Waals surface area contributed by atoms with E-state index in [0.717, 1.165) is 5.69 Å². The normalized spacial score (nSPS) is 17.8. The van der Waals surface area contributed by atoms with E-state index in [1.807, 2.05) is 13.1 Å². The van der Waals surface area contributed by atoms with E-state index in [2.05, 4.69) is 26.9 Å². The van der Waals surface area contributed by atoms with E-state index >= 15 is 0 Å². The summed E-state index contributed by atoms with van der Waals surface area (Å²) in [7, 11) is 3.45. The zero-order chi connectivity index (χ0) is 22.9. The minimum Gasteiger partial charge on any atom is -0.369 e. The van der Waals surface area contributed by atoms with Gasteiger partial charge in [-0.3, -0.25) is 14.3 Å². The third-order valence-corrected chi connectivity index (χ3v) is 5.44. The molecule has 4 rings (SSSR count). The van der Waals surface area contributed by atoms with Gasteiger partial charge in [-0.05, 0) is 18.2 Å². The maximum atomic E-state index is 12.1. The molecule has 0 spiro atoms. The van der Waals surface area contributed by atoms with E-state index in [9.17, 15) is 14.7 Å². The molecule has 1 aromatic carbocycles. The summed E-state index contributed by atoms with van der Waals surface area (Å²) in [6.07, 6.45) is 3.94.